The van der Waals surface area contributed by atoms with Gasteiger partial charge in [-0.15, -0.1) is 0 Å². The highest BCUT2D eigenvalue weighted by Gasteiger charge is 2.45. The average molecular weight is 521 g/mol. The summed E-state index contributed by atoms with van der Waals surface area (Å²) in [5.74, 6) is -4.83. The largest absolute Gasteiger partial charge is 0.468 e. The quantitative estimate of drug-likeness (QED) is 0.103. The van der Waals surface area contributed by atoms with Crippen molar-refractivity contribution >= 4 is 23.6 Å². The first-order chi connectivity index (χ1) is 16.7. The van der Waals surface area contributed by atoms with Crippen LogP contribution >= 0.6 is 0 Å². The van der Waals surface area contributed by atoms with E-state index in [1.54, 1.807) is 13.8 Å². The molecule has 36 heavy (non-hydrogen) atoms. The number of Topliss-reactive ketones (excluding diaryl/α,β-unsaturated/α-hetero) is 1. The Labute approximate surface area is 210 Å². The smallest absolute Gasteiger partial charge is 0.316 e. The summed E-state index contributed by atoms with van der Waals surface area (Å²) in [7, 11) is 1.08. The molecule has 208 valence electrons. The Morgan fingerprint density at radius 3 is 2.17 bits per heavy atom. The number of nitrogens with two attached hydrogens (primary N) is 3. The third-order valence-electron chi connectivity index (χ3n) is 6.19. The third kappa shape index (κ3) is 7.90. The minimum absolute atomic E-state index is 0.296. The van der Waals surface area contributed by atoms with Crippen molar-refractivity contribution in [1.29, 1.82) is 0 Å². The van der Waals surface area contributed by atoms with Gasteiger partial charge in [-0.3, -0.25) is 19.2 Å². The molecular formula is C22H40N4O10. The summed E-state index contributed by atoms with van der Waals surface area (Å²) in [5, 5.41) is 29.9. The molecule has 1 aliphatic rings. The number of methoxy groups -OCH3 is 1. The number of aliphatic hydroxyl groups excluding tert-OH is 3. The molecule has 0 bridgehead atoms. The van der Waals surface area contributed by atoms with Crippen molar-refractivity contribution in [2.45, 2.75) is 82.9 Å². The normalized spacial score (nSPS) is 27.6. The van der Waals surface area contributed by atoms with Crippen LogP contribution in [0.5, 0.6) is 0 Å². The Kier molecular flexibility index (Phi) is 12.3. The van der Waals surface area contributed by atoms with E-state index in [2.05, 4.69) is 4.74 Å². The first kappa shape index (κ1) is 31.8. The van der Waals surface area contributed by atoms with Crippen LogP contribution in [0.1, 0.15) is 34.1 Å². The van der Waals surface area contributed by atoms with Gasteiger partial charge in [0.25, 0.3) is 0 Å². The Hall–Kier alpha value is -2.20. The van der Waals surface area contributed by atoms with Crippen LogP contribution in [0.4, 0.5) is 0 Å². The van der Waals surface area contributed by atoms with E-state index in [1.807, 2.05) is 0 Å². The highest BCUT2D eigenvalue weighted by atomic mass is 16.6. The fourth-order valence-corrected chi connectivity index (χ4v) is 3.90. The maximum atomic E-state index is 13.3. The van der Waals surface area contributed by atoms with Crippen LogP contribution in [0.2, 0.25) is 0 Å². The van der Waals surface area contributed by atoms with Crippen molar-refractivity contribution in [3.8, 4) is 0 Å². The second-order valence-electron chi connectivity index (χ2n) is 9.33. The molecule has 0 aromatic rings. The average Bonchev–Trinajstić information content (AvgIpc) is 2.81. The van der Waals surface area contributed by atoms with Gasteiger partial charge in [0.2, 0.25) is 11.8 Å². The summed E-state index contributed by atoms with van der Waals surface area (Å²) >= 11 is 0. The van der Waals surface area contributed by atoms with Gasteiger partial charge < -0.3 is 51.6 Å². The summed E-state index contributed by atoms with van der Waals surface area (Å²) in [6, 6.07) is -3.67. The van der Waals surface area contributed by atoms with E-state index in [0.717, 1.165) is 18.9 Å². The molecule has 14 nitrogen and oxygen atoms in total. The zero-order valence-electron chi connectivity index (χ0n) is 21.3. The van der Waals surface area contributed by atoms with Gasteiger partial charge in [0.1, 0.15) is 36.1 Å². The minimum Gasteiger partial charge on any atom is -0.468 e. The van der Waals surface area contributed by atoms with Gasteiger partial charge in [-0.25, -0.2) is 0 Å². The first-order valence-electron chi connectivity index (χ1n) is 11.6. The molecule has 1 aliphatic heterocycles. The maximum Gasteiger partial charge on any atom is 0.316 e. The number of amides is 2. The molecule has 9 N–H and O–H groups in total. The lowest BCUT2D eigenvalue weighted by Gasteiger charge is -2.42. The number of esters is 1. The number of nitrogens with zero attached hydrogens (tertiary/aromatic N) is 1. The molecule has 9 atom stereocenters. The number of carbonyl (C=O) groups excluding carboxylic acids is 4. The van der Waals surface area contributed by atoms with Gasteiger partial charge in [0.05, 0.1) is 31.9 Å². The fourth-order valence-electron chi connectivity index (χ4n) is 3.90. The highest BCUT2D eigenvalue weighted by molar-refractivity contribution is 5.99. The number of aliphatic hydroxyl groups is 3. The number of primary amides is 1. The lowest BCUT2D eigenvalue weighted by molar-refractivity contribution is -0.263. The van der Waals surface area contributed by atoms with Crippen LogP contribution in [-0.2, 0) is 33.4 Å². The zero-order chi connectivity index (χ0) is 27.9. The molecule has 2 amide bonds. The van der Waals surface area contributed by atoms with E-state index in [1.165, 1.54) is 6.92 Å². The van der Waals surface area contributed by atoms with Crippen LogP contribution < -0.4 is 17.2 Å². The van der Waals surface area contributed by atoms with Crippen molar-refractivity contribution < 1.29 is 48.7 Å². The lowest BCUT2D eigenvalue weighted by Crippen LogP contribution is -2.64. The van der Waals surface area contributed by atoms with Crippen LogP contribution in [0.25, 0.3) is 0 Å². The van der Waals surface area contributed by atoms with Crippen molar-refractivity contribution in [3.05, 3.63) is 0 Å². The minimum atomic E-state index is -1.54. The first-order valence-corrected chi connectivity index (χ1v) is 11.6. The molecule has 0 aromatic heterocycles. The summed E-state index contributed by atoms with van der Waals surface area (Å²) in [6.45, 7) is 5.14. The Balaban J connectivity index is 3.28. The maximum absolute atomic E-state index is 13.3. The molecule has 0 aromatic carbocycles. The second kappa shape index (κ2) is 13.9. The Morgan fingerprint density at radius 2 is 1.72 bits per heavy atom. The molecule has 0 aliphatic carbocycles. The van der Waals surface area contributed by atoms with E-state index in [9.17, 15) is 34.5 Å². The van der Waals surface area contributed by atoms with E-state index in [-0.39, 0.29) is 12.5 Å². The zero-order valence-corrected chi connectivity index (χ0v) is 21.3. The molecule has 0 spiro atoms. The van der Waals surface area contributed by atoms with Gasteiger partial charge in [0.15, 0.2) is 6.29 Å². The predicted octanol–water partition coefficient (Wildman–Crippen LogP) is -3.41. The topological polar surface area (TPSA) is 238 Å². The van der Waals surface area contributed by atoms with Crippen LogP contribution in [0.15, 0.2) is 0 Å². The molecule has 2 unspecified atom stereocenters. The van der Waals surface area contributed by atoms with Crippen molar-refractivity contribution in [2.75, 3.05) is 20.3 Å². The van der Waals surface area contributed by atoms with Gasteiger partial charge in [-0.1, -0.05) is 13.8 Å². The van der Waals surface area contributed by atoms with E-state index >= 15 is 0 Å². The summed E-state index contributed by atoms with van der Waals surface area (Å²) in [4.78, 5) is 51.0. The summed E-state index contributed by atoms with van der Waals surface area (Å²) in [5.41, 5.74) is 17.5. The Bertz CT molecular complexity index is 782. The van der Waals surface area contributed by atoms with E-state index in [0.29, 0.717) is 0 Å². The van der Waals surface area contributed by atoms with E-state index in [4.69, 9.17) is 26.7 Å². The third-order valence-corrected chi connectivity index (χ3v) is 6.19. The molecule has 1 heterocycles. The molecule has 1 saturated heterocycles. The standard InChI is InChI=1S/C22H40N4O10/c1-9(2)15(23)20(31)26(13(19(25)30)6-12(11(4)28)21(32)34-5)7-10(3)35-18-16(24)22(33)36-14(8-27)17(18)29/h9-10,12-18,22,27,29,33H,6-8,23-24H2,1-5H3,(H2,25,30)/t10?,12?,13-,14-,15+,16-,17-,18-,22+/m1/s1. The predicted molar refractivity (Wildman–Crippen MR) is 125 cm³/mol. The fraction of sp³-hybridized carbons (Fsp3) is 0.818. The number of ketones is 1. The van der Waals surface area contributed by atoms with Gasteiger partial charge >= 0.3 is 5.97 Å². The Morgan fingerprint density at radius 1 is 1.14 bits per heavy atom. The number of hydrogen-bond donors (Lipinski definition) is 6. The number of hydrogen-bond acceptors (Lipinski definition) is 12. The van der Waals surface area contributed by atoms with Crippen molar-refractivity contribution in [3.63, 3.8) is 0 Å². The molecule has 14 heteroatoms. The van der Waals surface area contributed by atoms with Crippen molar-refractivity contribution in [1.82, 2.24) is 4.90 Å². The van der Waals surface area contributed by atoms with E-state index < -0.39 is 91.3 Å². The van der Waals surface area contributed by atoms with Crippen molar-refractivity contribution in [2.24, 2.45) is 29.0 Å². The van der Waals surface area contributed by atoms with Crippen LogP contribution in [0, 0.1) is 11.8 Å². The molecule has 1 rings (SSSR count). The number of rotatable bonds is 13. The van der Waals surface area contributed by atoms with Crippen LogP contribution in [0.3, 0.4) is 0 Å². The summed E-state index contributed by atoms with van der Waals surface area (Å²) in [6.07, 6.45) is -6.68. The number of carbonyl (C=O) groups is 4. The second-order valence-corrected chi connectivity index (χ2v) is 9.33. The van der Waals surface area contributed by atoms with Gasteiger partial charge in [-0.2, -0.15) is 0 Å². The lowest BCUT2D eigenvalue weighted by atomic mass is 9.93. The number of ether oxygens (including phenoxy) is 3. The van der Waals surface area contributed by atoms with Crippen LogP contribution in [-0.4, -0.2) is 113 Å². The SMILES string of the molecule is COC(=O)C(C[C@H](C(N)=O)N(CC(C)O[C@@H]1[C@@H](N)[C@@H](O)O[C@H](CO)[C@H]1O)C(=O)[C@@H](N)C(C)C)C(C)=O. The molecule has 0 saturated carbocycles. The van der Waals surface area contributed by atoms with Gasteiger partial charge in [-0.05, 0) is 26.2 Å². The summed E-state index contributed by atoms with van der Waals surface area (Å²) < 4.78 is 15.5. The molecule has 1 fully saturated rings. The molecule has 0 radical (unpaired) electrons. The highest BCUT2D eigenvalue weighted by Crippen LogP contribution is 2.24. The molecular weight excluding hydrogens is 480 g/mol. The monoisotopic (exact) mass is 520 g/mol. The van der Waals surface area contributed by atoms with Gasteiger partial charge in [0, 0.05) is 6.54 Å².